The molecule has 0 aromatic heterocycles. The van der Waals surface area contributed by atoms with E-state index in [-0.39, 0.29) is 5.75 Å². The number of aliphatic hydroxyl groups is 1. The third-order valence-corrected chi connectivity index (χ3v) is 2.58. The first-order valence-electron chi connectivity index (χ1n) is 6.13. The molecule has 0 heterocycles. The smallest absolute Gasteiger partial charge is 0.417 e. The Morgan fingerprint density at radius 1 is 1.30 bits per heavy atom. The van der Waals surface area contributed by atoms with Crippen LogP contribution in [0.5, 0.6) is 11.5 Å². The molecule has 0 amide bonds. The molecule has 0 aliphatic rings. The number of benzene rings is 1. The monoisotopic (exact) mass is 293 g/mol. The summed E-state index contributed by atoms with van der Waals surface area (Å²) in [5, 5.41) is 12.0. The van der Waals surface area contributed by atoms with Crippen LogP contribution < -0.4 is 14.8 Å². The van der Waals surface area contributed by atoms with Crippen LogP contribution in [-0.4, -0.2) is 37.6 Å². The van der Waals surface area contributed by atoms with Crippen LogP contribution in [0.2, 0.25) is 0 Å². The molecule has 0 radical (unpaired) electrons. The Kier molecular flexibility index (Phi) is 6.09. The minimum atomic E-state index is -4.70. The summed E-state index contributed by atoms with van der Waals surface area (Å²) in [7, 11) is 1.40. The maximum Gasteiger partial charge on any atom is 0.417 e. The highest BCUT2D eigenvalue weighted by molar-refractivity contribution is 5.43. The molecule has 0 fully saturated rings. The van der Waals surface area contributed by atoms with Gasteiger partial charge in [0.15, 0.2) is 17.6 Å². The van der Waals surface area contributed by atoms with E-state index in [1.807, 2.05) is 6.92 Å². The summed E-state index contributed by atoms with van der Waals surface area (Å²) < 4.78 is 46.7. The summed E-state index contributed by atoms with van der Waals surface area (Å²) in [4.78, 5) is 0. The average molecular weight is 293 g/mol. The number of hydrogen-bond acceptors (Lipinski definition) is 4. The second kappa shape index (κ2) is 7.35. The van der Waals surface area contributed by atoms with Crippen LogP contribution in [0, 0.1) is 0 Å². The largest absolute Gasteiger partial charge is 0.493 e. The van der Waals surface area contributed by atoms with Gasteiger partial charge in [0.2, 0.25) is 0 Å². The standard InChI is InChI=1S/C13H18F3NO3/c1-3-17-7-9-4-5-10(19-2)11(6-9)20-8-12(18)13(14,15)16/h4-6,12,17-18H,3,7-8H2,1-2H3. The van der Waals surface area contributed by atoms with Crippen LogP contribution >= 0.6 is 0 Å². The van der Waals surface area contributed by atoms with Crippen molar-refractivity contribution in [3.8, 4) is 11.5 Å². The maximum atomic E-state index is 12.2. The van der Waals surface area contributed by atoms with Gasteiger partial charge in [-0.2, -0.15) is 13.2 Å². The van der Waals surface area contributed by atoms with Gasteiger partial charge >= 0.3 is 6.18 Å². The maximum absolute atomic E-state index is 12.2. The lowest BCUT2D eigenvalue weighted by molar-refractivity contribution is -0.210. The van der Waals surface area contributed by atoms with Gasteiger partial charge in [-0.1, -0.05) is 13.0 Å². The molecule has 20 heavy (non-hydrogen) atoms. The minimum Gasteiger partial charge on any atom is -0.493 e. The lowest BCUT2D eigenvalue weighted by Crippen LogP contribution is -2.34. The number of hydrogen-bond donors (Lipinski definition) is 2. The van der Waals surface area contributed by atoms with Crippen molar-refractivity contribution in [2.24, 2.45) is 0 Å². The quantitative estimate of drug-likeness (QED) is 0.808. The number of rotatable bonds is 7. The van der Waals surface area contributed by atoms with Gasteiger partial charge in [0, 0.05) is 6.54 Å². The van der Waals surface area contributed by atoms with Gasteiger partial charge < -0.3 is 19.9 Å². The summed E-state index contributed by atoms with van der Waals surface area (Å²) in [5.74, 6) is 0.492. The van der Waals surface area contributed by atoms with E-state index < -0.39 is 18.9 Å². The topological polar surface area (TPSA) is 50.7 Å². The molecule has 114 valence electrons. The Labute approximate surface area is 115 Å². The number of aliphatic hydroxyl groups excluding tert-OH is 1. The highest BCUT2D eigenvalue weighted by Gasteiger charge is 2.38. The van der Waals surface area contributed by atoms with Gasteiger partial charge in [0.25, 0.3) is 0 Å². The molecule has 0 saturated carbocycles. The van der Waals surface area contributed by atoms with Crippen LogP contribution in [0.4, 0.5) is 13.2 Å². The molecule has 0 bridgehead atoms. The van der Waals surface area contributed by atoms with Gasteiger partial charge in [0.05, 0.1) is 7.11 Å². The molecule has 0 aliphatic heterocycles. The molecule has 1 unspecified atom stereocenters. The third-order valence-electron chi connectivity index (χ3n) is 2.58. The van der Waals surface area contributed by atoms with Crippen LogP contribution in [0.15, 0.2) is 18.2 Å². The first-order valence-corrected chi connectivity index (χ1v) is 6.13. The van der Waals surface area contributed by atoms with Crippen molar-refractivity contribution in [1.82, 2.24) is 5.32 Å². The van der Waals surface area contributed by atoms with Crippen LogP contribution in [0.25, 0.3) is 0 Å². The molecule has 0 aliphatic carbocycles. The van der Waals surface area contributed by atoms with Crippen molar-refractivity contribution in [2.45, 2.75) is 25.7 Å². The van der Waals surface area contributed by atoms with E-state index >= 15 is 0 Å². The summed E-state index contributed by atoms with van der Waals surface area (Å²) in [6.45, 7) is 2.42. The van der Waals surface area contributed by atoms with Crippen molar-refractivity contribution in [3.05, 3.63) is 23.8 Å². The fourth-order valence-electron chi connectivity index (χ4n) is 1.48. The molecule has 7 heteroatoms. The molecular formula is C13H18F3NO3. The molecule has 1 rings (SSSR count). The SMILES string of the molecule is CCNCc1ccc(OC)c(OCC(O)C(F)(F)F)c1. The lowest BCUT2D eigenvalue weighted by Gasteiger charge is -2.17. The normalized spacial score (nSPS) is 13.1. The Bertz CT molecular complexity index is 424. The van der Waals surface area contributed by atoms with Crippen LogP contribution in [0.3, 0.4) is 0 Å². The molecule has 1 aromatic rings. The van der Waals surface area contributed by atoms with Crippen LogP contribution in [-0.2, 0) is 6.54 Å². The van der Waals surface area contributed by atoms with Gasteiger partial charge in [-0.15, -0.1) is 0 Å². The van der Waals surface area contributed by atoms with Gasteiger partial charge in [-0.3, -0.25) is 0 Å². The molecule has 0 saturated heterocycles. The highest BCUT2D eigenvalue weighted by atomic mass is 19.4. The molecule has 1 atom stereocenters. The second-order valence-electron chi connectivity index (χ2n) is 4.13. The van der Waals surface area contributed by atoms with E-state index in [1.54, 1.807) is 18.2 Å². The molecule has 1 aromatic carbocycles. The Hall–Kier alpha value is -1.47. The van der Waals surface area contributed by atoms with Crippen molar-refractivity contribution in [1.29, 1.82) is 0 Å². The van der Waals surface area contributed by atoms with E-state index in [4.69, 9.17) is 14.6 Å². The van der Waals surface area contributed by atoms with Gasteiger partial charge in [-0.05, 0) is 24.2 Å². The van der Waals surface area contributed by atoms with Crippen LogP contribution in [0.1, 0.15) is 12.5 Å². The molecule has 4 nitrogen and oxygen atoms in total. The number of nitrogens with one attached hydrogen (secondary N) is 1. The molecule has 2 N–H and O–H groups in total. The predicted octanol–water partition coefficient (Wildman–Crippen LogP) is 2.11. The second-order valence-corrected chi connectivity index (χ2v) is 4.13. The van der Waals surface area contributed by atoms with Crippen molar-refractivity contribution >= 4 is 0 Å². The van der Waals surface area contributed by atoms with E-state index in [9.17, 15) is 13.2 Å². The summed E-state index contributed by atoms with van der Waals surface area (Å²) in [5.41, 5.74) is 0.851. The van der Waals surface area contributed by atoms with E-state index in [1.165, 1.54) is 7.11 Å². The fraction of sp³-hybridized carbons (Fsp3) is 0.538. The summed E-state index contributed by atoms with van der Waals surface area (Å²) >= 11 is 0. The van der Waals surface area contributed by atoms with Crippen molar-refractivity contribution < 1.29 is 27.8 Å². The molecule has 0 spiro atoms. The average Bonchev–Trinajstić information content (AvgIpc) is 2.41. The number of ether oxygens (including phenoxy) is 2. The first kappa shape index (κ1) is 16.6. The Morgan fingerprint density at radius 3 is 2.55 bits per heavy atom. The van der Waals surface area contributed by atoms with Crippen molar-refractivity contribution in [3.63, 3.8) is 0 Å². The zero-order valence-corrected chi connectivity index (χ0v) is 11.3. The van der Waals surface area contributed by atoms with Crippen molar-refractivity contribution in [2.75, 3.05) is 20.3 Å². The Balaban J connectivity index is 2.75. The summed E-state index contributed by atoms with van der Waals surface area (Å²) in [6, 6.07) is 4.99. The van der Waals surface area contributed by atoms with Gasteiger partial charge in [-0.25, -0.2) is 0 Å². The summed E-state index contributed by atoms with van der Waals surface area (Å²) in [6.07, 6.45) is -7.22. The fourth-order valence-corrected chi connectivity index (χ4v) is 1.48. The van der Waals surface area contributed by atoms with Gasteiger partial charge in [0.1, 0.15) is 6.61 Å². The third kappa shape index (κ3) is 4.90. The zero-order valence-electron chi connectivity index (χ0n) is 11.3. The Morgan fingerprint density at radius 2 is 2.00 bits per heavy atom. The zero-order chi connectivity index (χ0) is 15.2. The number of halogens is 3. The van der Waals surface area contributed by atoms with E-state index in [2.05, 4.69) is 5.32 Å². The first-order chi connectivity index (χ1) is 9.38. The predicted molar refractivity (Wildman–Crippen MR) is 67.9 cm³/mol. The molecular weight excluding hydrogens is 275 g/mol. The minimum absolute atomic E-state index is 0.172. The highest BCUT2D eigenvalue weighted by Crippen LogP contribution is 2.29. The number of methoxy groups -OCH3 is 1. The van der Waals surface area contributed by atoms with E-state index in [0.29, 0.717) is 12.3 Å². The lowest BCUT2D eigenvalue weighted by atomic mass is 10.2. The number of alkyl halides is 3. The van der Waals surface area contributed by atoms with E-state index in [0.717, 1.165) is 12.1 Å².